The second-order valence-electron chi connectivity index (χ2n) is 6.81. The average molecular weight is 462 g/mol. The van der Waals surface area contributed by atoms with Gasteiger partial charge in [-0.15, -0.1) is 0 Å². The molecule has 3 aromatic rings. The number of anilines is 1. The van der Waals surface area contributed by atoms with E-state index in [2.05, 4.69) is 10.4 Å². The van der Waals surface area contributed by atoms with Crippen molar-refractivity contribution >= 4 is 58.0 Å². The Labute approximate surface area is 187 Å². The van der Waals surface area contributed by atoms with E-state index in [0.717, 1.165) is 5.56 Å². The quantitative estimate of drug-likeness (QED) is 0.602. The molecule has 30 heavy (non-hydrogen) atoms. The van der Waals surface area contributed by atoms with Crippen LogP contribution in [0, 0.1) is 0 Å². The summed E-state index contributed by atoms with van der Waals surface area (Å²) in [6.45, 7) is 1.41. The third-order valence-electron chi connectivity index (χ3n) is 4.69. The van der Waals surface area contributed by atoms with Gasteiger partial charge in [0.25, 0.3) is 0 Å². The van der Waals surface area contributed by atoms with E-state index in [4.69, 9.17) is 39.8 Å². The number of benzene rings is 2. The average Bonchev–Trinajstić information content (AvgIpc) is 3.14. The molecule has 0 spiro atoms. The highest BCUT2D eigenvalue weighted by molar-refractivity contribution is 6.35. The van der Waals surface area contributed by atoms with Gasteiger partial charge in [-0.25, -0.2) is 4.68 Å². The second kappa shape index (κ2) is 8.22. The lowest BCUT2D eigenvalue weighted by atomic mass is 10.0. The summed E-state index contributed by atoms with van der Waals surface area (Å²) in [4.78, 5) is 29.3. The van der Waals surface area contributed by atoms with E-state index in [0.29, 0.717) is 37.6 Å². The number of aromatic nitrogens is 2. The van der Waals surface area contributed by atoms with Crippen molar-refractivity contribution in [2.75, 3.05) is 5.32 Å². The first-order valence-electron chi connectivity index (χ1n) is 9.00. The number of nitrogens with one attached hydrogen (secondary N) is 1. The van der Waals surface area contributed by atoms with Crippen LogP contribution in [-0.2, 0) is 11.2 Å². The normalized spacial score (nSPS) is 15.8. The van der Waals surface area contributed by atoms with E-state index in [1.807, 2.05) is 0 Å². The molecule has 0 saturated carbocycles. The molecule has 6 nitrogen and oxygen atoms in total. The highest BCUT2D eigenvalue weighted by Crippen LogP contribution is 2.29. The molecule has 1 atom stereocenters. The molecule has 0 aliphatic carbocycles. The highest BCUT2D eigenvalue weighted by Gasteiger charge is 2.27. The van der Waals surface area contributed by atoms with Gasteiger partial charge in [0.2, 0.25) is 11.8 Å². The third-order valence-corrected chi connectivity index (χ3v) is 5.51. The summed E-state index contributed by atoms with van der Waals surface area (Å²) in [5.74, 6) is -0.515. The number of rotatable bonds is 3. The number of aliphatic imine (C=N–C) groups is 1. The minimum Gasteiger partial charge on any atom is -0.324 e. The van der Waals surface area contributed by atoms with E-state index in [-0.39, 0.29) is 18.2 Å². The lowest BCUT2D eigenvalue weighted by molar-refractivity contribution is -0.117. The topological polar surface area (TPSA) is 76.3 Å². The van der Waals surface area contributed by atoms with Gasteiger partial charge in [-0.2, -0.15) is 5.10 Å². The highest BCUT2D eigenvalue weighted by atomic mass is 35.5. The van der Waals surface area contributed by atoms with Crippen molar-refractivity contribution < 1.29 is 9.59 Å². The molecule has 9 heteroatoms. The standard InChI is InChI=1S/C21H15Cl3N4O2/c1-11(29)28-10-13(9-25-28)20-16-7-14(22)4-5-18(16)27-21(30)19(26-20)6-12-2-3-15(23)8-17(12)24/h2-5,7-10,19H,6H2,1H3,(H,27,30). The van der Waals surface area contributed by atoms with E-state index >= 15 is 0 Å². The third kappa shape index (κ3) is 4.12. The summed E-state index contributed by atoms with van der Waals surface area (Å²) < 4.78 is 1.22. The number of hydrogen-bond donors (Lipinski definition) is 1. The minimum absolute atomic E-state index is 0.236. The number of hydrogen-bond acceptors (Lipinski definition) is 4. The van der Waals surface area contributed by atoms with Crippen molar-refractivity contribution in [2.24, 2.45) is 4.99 Å². The van der Waals surface area contributed by atoms with Gasteiger partial charge < -0.3 is 5.32 Å². The molecule has 4 rings (SSSR count). The smallest absolute Gasteiger partial charge is 0.249 e. The molecule has 1 aliphatic heterocycles. The van der Waals surface area contributed by atoms with Crippen LogP contribution in [0.2, 0.25) is 15.1 Å². The second-order valence-corrected chi connectivity index (χ2v) is 8.09. The first kappa shape index (κ1) is 20.6. The maximum atomic E-state index is 12.9. The number of carbonyl (C=O) groups is 2. The molecular weight excluding hydrogens is 447 g/mol. The summed E-state index contributed by atoms with van der Waals surface area (Å²) in [5, 5.41) is 8.45. The predicted octanol–water partition coefficient (Wildman–Crippen LogP) is 4.90. The van der Waals surface area contributed by atoms with Crippen molar-refractivity contribution in [3.05, 3.63) is 80.6 Å². The van der Waals surface area contributed by atoms with Crippen LogP contribution in [0.15, 0.2) is 53.8 Å². The van der Waals surface area contributed by atoms with Crippen molar-refractivity contribution in [1.82, 2.24) is 9.78 Å². The number of halogens is 3. The van der Waals surface area contributed by atoms with Crippen molar-refractivity contribution in [3.8, 4) is 0 Å². The van der Waals surface area contributed by atoms with Crippen molar-refractivity contribution in [3.63, 3.8) is 0 Å². The minimum atomic E-state index is -0.759. The number of amides is 1. The lowest BCUT2D eigenvalue weighted by Gasteiger charge is -2.12. The van der Waals surface area contributed by atoms with Gasteiger partial charge in [0, 0.05) is 45.7 Å². The largest absolute Gasteiger partial charge is 0.324 e. The molecule has 1 aliphatic rings. The Bertz CT molecular complexity index is 1200. The predicted molar refractivity (Wildman–Crippen MR) is 118 cm³/mol. The van der Waals surface area contributed by atoms with Crippen LogP contribution < -0.4 is 5.32 Å². The van der Waals surface area contributed by atoms with E-state index in [1.54, 1.807) is 42.6 Å². The molecule has 152 valence electrons. The van der Waals surface area contributed by atoms with Crippen LogP contribution in [0.25, 0.3) is 0 Å². The van der Waals surface area contributed by atoms with E-state index in [1.165, 1.54) is 17.8 Å². The number of fused-ring (bicyclic) bond motifs is 1. The van der Waals surface area contributed by atoms with Gasteiger partial charge in [0.1, 0.15) is 6.04 Å². The van der Waals surface area contributed by atoms with Crippen LogP contribution in [0.3, 0.4) is 0 Å². The Kier molecular flexibility index (Phi) is 5.64. The molecule has 2 heterocycles. The maximum Gasteiger partial charge on any atom is 0.249 e. The fourth-order valence-electron chi connectivity index (χ4n) is 3.20. The Hall–Kier alpha value is -2.67. The Morgan fingerprint density at radius 1 is 1.13 bits per heavy atom. The fourth-order valence-corrected chi connectivity index (χ4v) is 3.86. The fraction of sp³-hybridized carbons (Fsp3) is 0.143. The van der Waals surface area contributed by atoms with Gasteiger partial charge in [-0.3, -0.25) is 14.6 Å². The van der Waals surface area contributed by atoms with Gasteiger partial charge in [-0.1, -0.05) is 40.9 Å². The summed E-state index contributed by atoms with van der Waals surface area (Å²) in [5.41, 5.74) is 3.06. The number of carbonyl (C=O) groups excluding carboxylic acids is 2. The zero-order chi connectivity index (χ0) is 21.4. The Balaban J connectivity index is 1.82. The molecule has 0 radical (unpaired) electrons. The Morgan fingerprint density at radius 2 is 1.87 bits per heavy atom. The molecule has 1 unspecified atom stereocenters. The molecule has 0 fully saturated rings. The van der Waals surface area contributed by atoms with Crippen LogP contribution in [0.1, 0.15) is 28.4 Å². The summed E-state index contributed by atoms with van der Waals surface area (Å²) in [6.07, 6.45) is 3.38. The summed E-state index contributed by atoms with van der Waals surface area (Å²) in [7, 11) is 0. The van der Waals surface area contributed by atoms with Crippen LogP contribution in [0.5, 0.6) is 0 Å². The number of nitrogens with zero attached hydrogens (tertiary/aromatic N) is 3. The Morgan fingerprint density at radius 3 is 2.57 bits per heavy atom. The lowest BCUT2D eigenvalue weighted by Crippen LogP contribution is -2.27. The van der Waals surface area contributed by atoms with Gasteiger partial charge >= 0.3 is 0 Å². The maximum absolute atomic E-state index is 12.9. The summed E-state index contributed by atoms with van der Waals surface area (Å²) >= 11 is 18.5. The van der Waals surface area contributed by atoms with E-state index < -0.39 is 6.04 Å². The molecule has 1 amide bonds. The first-order chi connectivity index (χ1) is 14.3. The van der Waals surface area contributed by atoms with Crippen LogP contribution >= 0.6 is 34.8 Å². The van der Waals surface area contributed by atoms with E-state index in [9.17, 15) is 9.59 Å². The molecular formula is C21H15Cl3N4O2. The van der Waals surface area contributed by atoms with Gasteiger partial charge in [0.05, 0.1) is 17.6 Å². The van der Waals surface area contributed by atoms with Crippen LogP contribution in [0.4, 0.5) is 5.69 Å². The molecule has 0 saturated heterocycles. The molecule has 0 bridgehead atoms. The van der Waals surface area contributed by atoms with Gasteiger partial charge in [0.15, 0.2) is 0 Å². The molecule has 2 aromatic carbocycles. The molecule has 1 aromatic heterocycles. The zero-order valence-corrected chi connectivity index (χ0v) is 18.0. The van der Waals surface area contributed by atoms with Crippen molar-refractivity contribution in [1.29, 1.82) is 0 Å². The SMILES string of the molecule is CC(=O)n1cc(C2=NC(Cc3ccc(Cl)cc3Cl)C(=O)Nc3ccc(Cl)cc32)cn1. The zero-order valence-electron chi connectivity index (χ0n) is 15.7. The van der Waals surface area contributed by atoms with Crippen LogP contribution in [-0.4, -0.2) is 33.3 Å². The van der Waals surface area contributed by atoms with Crippen molar-refractivity contribution in [2.45, 2.75) is 19.4 Å². The monoisotopic (exact) mass is 460 g/mol. The van der Waals surface area contributed by atoms with Gasteiger partial charge in [-0.05, 0) is 35.9 Å². The number of benzodiazepines with no additional fused rings is 1. The summed E-state index contributed by atoms with van der Waals surface area (Å²) in [6, 6.07) is 9.49. The first-order valence-corrected chi connectivity index (χ1v) is 10.1. The molecule has 1 N–H and O–H groups in total.